The average molecular weight is 278 g/mol. The van der Waals surface area contributed by atoms with Crippen LogP contribution in [0.1, 0.15) is 51.0 Å². The summed E-state index contributed by atoms with van der Waals surface area (Å²) >= 11 is 0. The molecule has 0 amide bonds. The fraction of sp³-hybridized carbons (Fsp3) is 0.400. The molecule has 2 aromatic rings. The fourth-order valence-electron chi connectivity index (χ4n) is 3.09. The minimum absolute atomic E-state index is 1.12. The van der Waals surface area contributed by atoms with Crippen molar-refractivity contribution in [2.45, 2.75) is 51.9 Å². The average Bonchev–Trinajstić information content (AvgIpc) is 2.89. The van der Waals surface area contributed by atoms with Crippen LogP contribution in [0.5, 0.6) is 0 Å². The number of fused-ring (bicyclic) bond motifs is 3. The predicted molar refractivity (Wildman–Crippen MR) is 90.4 cm³/mol. The Morgan fingerprint density at radius 1 is 0.762 bits per heavy atom. The molecule has 0 atom stereocenters. The molecule has 0 unspecified atom stereocenters. The molecular formula is C20H24N. The molecule has 1 heteroatoms. The largest absolute Gasteiger partial charge is 0.248 e. The molecule has 1 heterocycles. The highest BCUT2D eigenvalue weighted by molar-refractivity contribution is 5.90. The van der Waals surface area contributed by atoms with Crippen molar-refractivity contribution in [1.82, 2.24) is 5.32 Å². The maximum atomic E-state index is 4.69. The van der Waals surface area contributed by atoms with E-state index in [4.69, 9.17) is 0 Å². The van der Waals surface area contributed by atoms with E-state index in [1.54, 1.807) is 0 Å². The van der Waals surface area contributed by atoms with E-state index >= 15 is 0 Å². The zero-order valence-electron chi connectivity index (χ0n) is 12.9. The number of unbranched alkanes of at least 4 members (excludes halogenated alkanes) is 5. The van der Waals surface area contributed by atoms with E-state index in [0.29, 0.717) is 0 Å². The lowest BCUT2D eigenvalue weighted by Gasteiger charge is -2.05. The van der Waals surface area contributed by atoms with Gasteiger partial charge in [0.1, 0.15) is 0 Å². The van der Waals surface area contributed by atoms with E-state index in [-0.39, 0.29) is 0 Å². The van der Waals surface area contributed by atoms with Gasteiger partial charge in [-0.2, -0.15) is 0 Å². The standard InChI is InChI=1S/C20H24N/c1-2-3-4-5-6-7-10-16-13-14-20-18(15-16)17-11-8-9-12-19(17)21-20/h8-9,11-15H,2-7,10H2,1H3. The molecule has 0 saturated heterocycles. The minimum atomic E-state index is 1.12. The zero-order chi connectivity index (χ0) is 14.5. The van der Waals surface area contributed by atoms with Gasteiger partial charge in [-0.15, -0.1) is 0 Å². The second kappa shape index (κ2) is 6.80. The lowest BCUT2D eigenvalue weighted by Crippen LogP contribution is -1.88. The number of hydrogen-bond donors (Lipinski definition) is 0. The van der Waals surface area contributed by atoms with Gasteiger partial charge in [0.15, 0.2) is 0 Å². The summed E-state index contributed by atoms with van der Waals surface area (Å²) in [6.45, 7) is 2.27. The van der Waals surface area contributed by atoms with Crippen LogP contribution in [-0.2, 0) is 6.42 Å². The number of nitrogens with zero attached hydrogens (tertiary/aromatic N) is 1. The number of rotatable bonds is 7. The van der Waals surface area contributed by atoms with Crippen molar-refractivity contribution in [3.63, 3.8) is 0 Å². The molecule has 1 aliphatic heterocycles. The minimum Gasteiger partial charge on any atom is -0.248 e. The summed E-state index contributed by atoms with van der Waals surface area (Å²) in [5.74, 6) is 0. The van der Waals surface area contributed by atoms with Gasteiger partial charge in [-0.05, 0) is 36.6 Å². The Kier molecular flexibility index (Phi) is 4.59. The maximum Gasteiger partial charge on any atom is 0.0716 e. The highest BCUT2D eigenvalue weighted by Crippen LogP contribution is 2.42. The fourth-order valence-corrected chi connectivity index (χ4v) is 3.09. The summed E-state index contributed by atoms with van der Waals surface area (Å²) in [7, 11) is 0. The zero-order valence-corrected chi connectivity index (χ0v) is 12.9. The molecule has 0 aliphatic carbocycles. The second-order valence-corrected chi connectivity index (χ2v) is 6.00. The van der Waals surface area contributed by atoms with Gasteiger partial charge in [-0.25, -0.2) is 5.32 Å². The first-order chi connectivity index (χ1) is 10.4. The summed E-state index contributed by atoms with van der Waals surface area (Å²) in [5.41, 5.74) is 6.30. The highest BCUT2D eigenvalue weighted by Gasteiger charge is 2.18. The third-order valence-electron chi connectivity index (χ3n) is 4.32. The highest BCUT2D eigenvalue weighted by atomic mass is 14.9. The van der Waals surface area contributed by atoms with Gasteiger partial charge < -0.3 is 0 Å². The summed E-state index contributed by atoms with van der Waals surface area (Å²) in [4.78, 5) is 0. The molecule has 0 fully saturated rings. The van der Waals surface area contributed by atoms with E-state index in [0.717, 1.165) is 11.4 Å². The first-order valence-electron chi connectivity index (χ1n) is 8.32. The lowest BCUT2D eigenvalue weighted by molar-refractivity contribution is 0.607. The van der Waals surface area contributed by atoms with E-state index in [1.807, 2.05) is 0 Å². The van der Waals surface area contributed by atoms with Crippen LogP contribution in [0.3, 0.4) is 0 Å². The Morgan fingerprint density at radius 3 is 2.43 bits per heavy atom. The molecule has 1 radical (unpaired) electrons. The van der Waals surface area contributed by atoms with Crippen LogP contribution < -0.4 is 5.32 Å². The summed E-state index contributed by atoms with van der Waals surface area (Å²) in [6.07, 6.45) is 9.36. The predicted octanol–water partition coefficient (Wildman–Crippen LogP) is 6.14. The molecule has 21 heavy (non-hydrogen) atoms. The molecule has 2 aromatic carbocycles. The van der Waals surface area contributed by atoms with Crippen LogP contribution in [0.2, 0.25) is 0 Å². The van der Waals surface area contributed by atoms with Crippen molar-refractivity contribution in [2.24, 2.45) is 0 Å². The number of benzene rings is 2. The molecule has 109 valence electrons. The maximum absolute atomic E-state index is 4.69. The van der Waals surface area contributed by atoms with Crippen molar-refractivity contribution in [3.05, 3.63) is 48.0 Å². The van der Waals surface area contributed by atoms with E-state index in [9.17, 15) is 0 Å². The first-order valence-corrected chi connectivity index (χ1v) is 8.32. The van der Waals surface area contributed by atoms with Crippen LogP contribution in [-0.4, -0.2) is 0 Å². The second-order valence-electron chi connectivity index (χ2n) is 6.00. The first kappa shape index (κ1) is 14.2. The molecular weight excluding hydrogens is 254 g/mol. The van der Waals surface area contributed by atoms with E-state index in [1.165, 1.54) is 61.6 Å². The Labute approximate surface area is 128 Å². The van der Waals surface area contributed by atoms with Crippen LogP contribution in [0.15, 0.2) is 42.5 Å². The quantitative estimate of drug-likeness (QED) is 0.461. The third kappa shape index (κ3) is 3.29. The number of para-hydroxylation sites is 1. The lowest BCUT2D eigenvalue weighted by atomic mass is 9.99. The van der Waals surface area contributed by atoms with Crippen molar-refractivity contribution >= 4 is 11.4 Å². The SMILES string of the molecule is CCCCCCCCc1ccc2c(c1)-c1ccccc1[N]2. The summed E-state index contributed by atoms with van der Waals surface area (Å²) < 4.78 is 0. The van der Waals surface area contributed by atoms with Crippen LogP contribution >= 0.6 is 0 Å². The third-order valence-corrected chi connectivity index (χ3v) is 4.32. The van der Waals surface area contributed by atoms with Crippen LogP contribution in [0.4, 0.5) is 11.4 Å². The van der Waals surface area contributed by atoms with Crippen molar-refractivity contribution in [3.8, 4) is 11.1 Å². The molecule has 1 aliphatic rings. The Hall–Kier alpha value is -1.76. The molecule has 0 spiro atoms. The van der Waals surface area contributed by atoms with Crippen molar-refractivity contribution in [2.75, 3.05) is 0 Å². The van der Waals surface area contributed by atoms with Gasteiger partial charge in [0.25, 0.3) is 0 Å². The molecule has 0 N–H and O–H groups in total. The van der Waals surface area contributed by atoms with Crippen LogP contribution in [0, 0.1) is 0 Å². The van der Waals surface area contributed by atoms with E-state index in [2.05, 4.69) is 54.7 Å². The number of hydrogen-bond acceptors (Lipinski definition) is 0. The van der Waals surface area contributed by atoms with Gasteiger partial charge >= 0.3 is 0 Å². The van der Waals surface area contributed by atoms with Crippen molar-refractivity contribution < 1.29 is 0 Å². The van der Waals surface area contributed by atoms with Gasteiger partial charge in [0.05, 0.1) is 11.4 Å². The van der Waals surface area contributed by atoms with Gasteiger partial charge in [-0.1, -0.05) is 63.3 Å². The molecule has 0 aromatic heterocycles. The van der Waals surface area contributed by atoms with Gasteiger partial charge in [0.2, 0.25) is 0 Å². The van der Waals surface area contributed by atoms with E-state index < -0.39 is 0 Å². The molecule has 0 saturated carbocycles. The topological polar surface area (TPSA) is 14.1 Å². The van der Waals surface area contributed by atoms with Crippen LogP contribution in [0.25, 0.3) is 11.1 Å². The molecule has 0 bridgehead atoms. The van der Waals surface area contributed by atoms with Gasteiger partial charge in [0, 0.05) is 11.1 Å². The molecule has 3 rings (SSSR count). The van der Waals surface area contributed by atoms with Crippen molar-refractivity contribution in [1.29, 1.82) is 0 Å². The molecule has 1 nitrogen and oxygen atoms in total. The van der Waals surface area contributed by atoms with Gasteiger partial charge in [-0.3, -0.25) is 0 Å². The smallest absolute Gasteiger partial charge is 0.0716 e. The normalized spacial score (nSPS) is 11.9. The Balaban J connectivity index is 1.60. The summed E-state index contributed by atoms with van der Waals surface area (Å²) in [6, 6.07) is 15.2. The number of aryl methyl sites for hydroxylation is 1. The Bertz CT molecular complexity index is 601. The Morgan fingerprint density at radius 2 is 1.52 bits per heavy atom. The monoisotopic (exact) mass is 278 g/mol. The summed E-state index contributed by atoms with van der Waals surface area (Å²) in [5, 5.41) is 4.69.